The molecule has 1 aliphatic rings. The lowest BCUT2D eigenvalue weighted by atomic mass is 10.1. The molecule has 0 unspecified atom stereocenters. The zero-order chi connectivity index (χ0) is 29.5. The summed E-state index contributed by atoms with van der Waals surface area (Å²) in [4.78, 5) is 19.0. The van der Waals surface area contributed by atoms with Crippen LogP contribution in [-0.2, 0) is 7.05 Å². The monoisotopic (exact) mass is 609 g/mol. The van der Waals surface area contributed by atoms with Gasteiger partial charge >= 0.3 is 5.97 Å². The van der Waals surface area contributed by atoms with E-state index in [1.54, 1.807) is 36.3 Å². The number of fused-ring (bicyclic) bond motifs is 1. The van der Waals surface area contributed by atoms with Crippen LogP contribution in [0, 0.1) is 5.82 Å². The Kier molecular flexibility index (Phi) is 7.65. The van der Waals surface area contributed by atoms with Crippen LogP contribution in [0.2, 0.25) is 5.02 Å². The maximum Gasteiger partial charge on any atom is 0.349 e. The number of aryl methyl sites for hydroxylation is 1. The molecule has 3 aromatic heterocycles. The van der Waals surface area contributed by atoms with E-state index in [-0.39, 0.29) is 27.5 Å². The number of hydrogen-bond acceptors (Lipinski definition) is 7. The molecule has 0 aliphatic carbocycles. The smallest absolute Gasteiger partial charge is 0.349 e. The lowest BCUT2D eigenvalue weighted by Gasteiger charge is -2.30. The first kappa shape index (κ1) is 28.2. The second kappa shape index (κ2) is 11.4. The summed E-state index contributed by atoms with van der Waals surface area (Å²) in [6.07, 6.45) is 6.11. The molecule has 9 nitrogen and oxygen atoms in total. The second-order valence-corrected chi connectivity index (χ2v) is 11.9. The summed E-state index contributed by atoms with van der Waals surface area (Å²) in [5.74, 6) is -1.48. The molecule has 0 amide bonds. The highest BCUT2D eigenvalue weighted by atomic mass is 35.5. The van der Waals surface area contributed by atoms with Crippen molar-refractivity contribution in [2.45, 2.75) is 32.0 Å². The Hall–Kier alpha value is -3.93. The molecule has 12 heteroatoms. The number of carbonyl (C=O) groups is 1. The Bertz CT molecular complexity index is 1770. The quantitative estimate of drug-likeness (QED) is 0.212. The summed E-state index contributed by atoms with van der Waals surface area (Å²) in [5, 5.41) is 15.0. The van der Waals surface area contributed by atoms with Gasteiger partial charge in [0.25, 0.3) is 0 Å². The highest BCUT2D eigenvalue weighted by Crippen LogP contribution is 2.40. The molecule has 1 atom stereocenters. The van der Waals surface area contributed by atoms with Gasteiger partial charge in [-0.25, -0.2) is 14.2 Å². The van der Waals surface area contributed by atoms with Gasteiger partial charge in [0.1, 0.15) is 29.3 Å². The minimum absolute atomic E-state index is 0.000765. The number of hydrogen-bond donors (Lipinski definition) is 1. The van der Waals surface area contributed by atoms with Crippen molar-refractivity contribution in [3.05, 3.63) is 76.4 Å². The van der Waals surface area contributed by atoms with Gasteiger partial charge in [-0.2, -0.15) is 5.10 Å². The van der Waals surface area contributed by atoms with Gasteiger partial charge in [-0.3, -0.25) is 9.25 Å². The molecular formula is C30H29ClFN5O4S. The topological polar surface area (TPSA) is 94.6 Å². The highest BCUT2D eigenvalue weighted by Gasteiger charge is 2.26. The molecule has 1 saturated heterocycles. The number of carboxylic acids is 1. The number of benzene rings is 2. The van der Waals surface area contributed by atoms with Crippen molar-refractivity contribution in [2.75, 3.05) is 20.1 Å². The molecule has 42 heavy (non-hydrogen) atoms. The number of aromatic nitrogens is 4. The SMILES string of the molecule is C[C@@H](Oc1cc(-n2cnc3cc(-c4cnn(C)c4)ccc32)sc1C(=O)O)c1ccc(F)c(OC2CCN(C)CC2)c1Cl. The number of aromatic carboxylic acids is 1. The van der Waals surface area contributed by atoms with Crippen molar-refractivity contribution >= 4 is 39.9 Å². The predicted molar refractivity (Wildman–Crippen MR) is 160 cm³/mol. The van der Waals surface area contributed by atoms with Crippen LogP contribution in [-0.4, -0.2) is 61.5 Å². The molecular weight excluding hydrogens is 581 g/mol. The number of carboxylic acid groups (broad SMARTS) is 1. The van der Waals surface area contributed by atoms with Crippen molar-refractivity contribution in [2.24, 2.45) is 7.05 Å². The lowest BCUT2D eigenvalue weighted by molar-refractivity contribution is 0.0695. The molecule has 1 fully saturated rings. The molecule has 2 aromatic carbocycles. The zero-order valence-electron chi connectivity index (χ0n) is 23.3. The van der Waals surface area contributed by atoms with Crippen LogP contribution in [0.15, 0.2) is 55.1 Å². The first-order valence-corrected chi connectivity index (χ1v) is 14.7. The van der Waals surface area contributed by atoms with Gasteiger partial charge in [0.05, 0.1) is 22.3 Å². The average Bonchev–Trinajstić information content (AvgIpc) is 3.70. The van der Waals surface area contributed by atoms with Crippen molar-refractivity contribution in [1.82, 2.24) is 24.2 Å². The van der Waals surface area contributed by atoms with Crippen LogP contribution in [0.5, 0.6) is 11.5 Å². The van der Waals surface area contributed by atoms with Gasteiger partial charge in [0.2, 0.25) is 0 Å². The molecule has 0 spiro atoms. The number of imidazole rings is 1. The van der Waals surface area contributed by atoms with E-state index < -0.39 is 17.9 Å². The molecule has 6 rings (SSSR count). The normalized spacial score (nSPS) is 15.3. The van der Waals surface area contributed by atoms with Gasteiger partial charge in [0.15, 0.2) is 16.4 Å². The van der Waals surface area contributed by atoms with E-state index in [2.05, 4.69) is 15.0 Å². The Balaban J connectivity index is 1.27. The van der Waals surface area contributed by atoms with E-state index in [1.165, 1.54) is 6.07 Å². The maximum absolute atomic E-state index is 14.8. The Morgan fingerprint density at radius 2 is 1.95 bits per heavy atom. The zero-order valence-corrected chi connectivity index (χ0v) is 24.8. The maximum atomic E-state index is 14.8. The predicted octanol–water partition coefficient (Wildman–Crippen LogP) is 6.59. The van der Waals surface area contributed by atoms with E-state index in [1.807, 2.05) is 43.1 Å². The first-order valence-electron chi connectivity index (χ1n) is 13.5. The Morgan fingerprint density at radius 1 is 1.17 bits per heavy atom. The Labute approximate surface area is 250 Å². The van der Waals surface area contributed by atoms with E-state index in [0.717, 1.165) is 59.4 Å². The van der Waals surface area contributed by atoms with E-state index in [9.17, 15) is 14.3 Å². The molecule has 0 saturated carbocycles. The summed E-state index contributed by atoms with van der Waals surface area (Å²) >= 11 is 7.73. The van der Waals surface area contributed by atoms with Gasteiger partial charge in [-0.15, -0.1) is 11.3 Å². The number of thiophene rings is 1. The first-order chi connectivity index (χ1) is 20.2. The van der Waals surface area contributed by atoms with E-state index >= 15 is 0 Å². The van der Waals surface area contributed by atoms with Crippen molar-refractivity contribution in [3.8, 4) is 27.6 Å². The minimum atomic E-state index is -1.12. The molecule has 0 bridgehead atoms. The third kappa shape index (κ3) is 5.47. The van der Waals surface area contributed by atoms with Crippen LogP contribution in [0.3, 0.4) is 0 Å². The fourth-order valence-corrected chi connectivity index (χ4v) is 6.41. The molecule has 4 heterocycles. The number of ether oxygens (including phenoxy) is 2. The third-order valence-corrected chi connectivity index (χ3v) is 8.97. The number of piperidine rings is 1. The van der Waals surface area contributed by atoms with Gasteiger partial charge in [-0.1, -0.05) is 23.7 Å². The molecule has 0 radical (unpaired) electrons. The van der Waals surface area contributed by atoms with Crippen molar-refractivity contribution < 1.29 is 23.8 Å². The summed E-state index contributed by atoms with van der Waals surface area (Å²) in [6, 6.07) is 10.4. The lowest BCUT2D eigenvalue weighted by Crippen LogP contribution is -2.35. The van der Waals surface area contributed by atoms with Gasteiger partial charge in [-0.05, 0) is 50.6 Å². The largest absolute Gasteiger partial charge is 0.486 e. The Morgan fingerprint density at radius 3 is 2.67 bits per heavy atom. The average molecular weight is 610 g/mol. The van der Waals surface area contributed by atoms with E-state index in [0.29, 0.717) is 10.6 Å². The summed E-state index contributed by atoms with van der Waals surface area (Å²) in [6.45, 7) is 3.47. The summed E-state index contributed by atoms with van der Waals surface area (Å²) in [5.41, 5.74) is 4.03. The van der Waals surface area contributed by atoms with Crippen LogP contribution >= 0.6 is 22.9 Å². The number of halogens is 2. The fraction of sp³-hybridized carbons (Fsp3) is 0.300. The van der Waals surface area contributed by atoms with Crippen LogP contribution in [0.25, 0.3) is 27.2 Å². The molecule has 218 valence electrons. The summed E-state index contributed by atoms with van der Waals surface area (Å²) in [7, 11) is 3.90. The molecule has 1 N–H and O–H groups in total. The van der Waals surface area contributed by atoms with Crippen LogP contribution < -0.4 is 9.47 Å². The molecule has 5 aromatic rings. The summed E-state index contributed by atoms with van der Waals surface area (Å²) < 4.78 is 30.5. The third-order valence-electron chi connectivity index (χ3n) is 7.47. The number of rotatable bonds is 8. The number of likely N-dealkylation sites (tertiary alicyclic amines) is 1. The van der Waals surface area contributed by atoms with Gasteiger partial charge < -0.3 is 19.5 Å². The number of nitrogens with zero attached hydrogens (tertiary/aromatic N) is 5. The highest BCUT2D eigenvalue weighted by molar-refractivity contribution is 7.16. The fourth-order valence-electron chi connectivity index (χ4n) is 5.15. The second-order valence-electron chi connectivity index (χ2n) is 10.5. The van der Waals surface area contributed by atoms with E-state index in [4.69, 9.17) is 21.1 Å². The van der Waals surface area contributed by atoms with Crippen LogP contribution in [0.4, 0.5) is 4.39 Å². The van der Waals surface area contributed by atoms with Gasteiger partial charge in [0, 0.05) is 43.5 Å². The van der Waals surface area contributed by atoms with Crippen LogP contribution in [0.1, 0.15) is 41.1 Å². The molecule has 1 aliphatic heterocycles. The standard InChI is InChI=1S/C30H29ClFN5O4S/c1-17(21-5-6-22(32)28(27(21)31)41-20-8-10-35(2)11-9-20)40-25-13-26(42-29(25)30(38)39)37-16-33-23-12-18(4-7-24(23)37)19-14-34-36(3)15-19/h4-7,12-17,20H,8-11H2,1-3H3,(H,38,39)/t17-/m1/s1. The van der Waals surface area contributed by atoms with Crippen molar-refractivity contribution in [1.29, 1.82) is 0 Å². The van der Waals surface area contributed by atoms with Crippen molar-refractivity contribution in [3.63, 3.8) is 0 Å². The minimum Gasteiger partial charge on any atom is -0.486 e.